The van der Waals surface area contributed by atoms with E-state index in [2.05, 4.69) is 20.4 Å². The van der Waals surface area contributed by atoms with Gasteiger partial charge in [-0.25, -0.2) is 0 Å². The number of rotatable bonds is 3. The number of piperazine rings is 1. The van der Waals surface area contributed by atoms with Crippen LogP contribution < -0.4 is 10.6 Å². The maximum Gasteiger partial charge on any atom is 0.236 e. The molecule has 92 valence electrons. The molecule has 16 heavy (non-hydrogen) atoms. The first kappa shape index (κ1) is 11.8. The van der Waals surface area contributed by atoms with Gasteiger partial charge in [0.25, 0.3) is 0 Å². The molecule has 2 saturated heterocycles. The molecule has 0 aromatic heterocycles. The van der Waals surface area contributed by atoms with E-state index in [9.17, 15) is 4.79 Å². The molecule has 2 rings (SSSR count). The second kappa shape index (κ2) is 5.12. The number of likely N-dealkylation sites (tertiary alicyclic amines) is 1. The molecule has 5 heteroatoms. The lowest BCUT2D eigenvalue weighted by molar-refractivity contribution is -0.128. The molecule has 2 heterocycles. The molecule has 1 unspecified atom stereocenters. The molecule has 1 amide bonds. The Balaban J connectivity index is 1.74. The number of carbonyl (C=O) groups excluding carboxylic acids is 1. The minimum atomic E-state index is 0.0177. The summed E-state index contributed by atoms with van der Waals surface area (Å²) in [6.45, 7) is 8.54. The Morgan fingerprint density at radius 1 is 1.38 bits per heavy atom. The zero-order valence-electron chi connectivity index (χ0n) is 10.2. The second-order valence-electron chi connectivity index (χ2n) is 4.68. The quantitative estimate of drug-likeness (QED) is 0.629. The van der Waals surface area contributed by atoms with E-state index in [0.717, 1.165) is 39.3 Å². The summed E-state index contributed by atoms with van der Waals surface area (Å²) >= 11 is 0. The van der Waals surface area contributed by atoms with Gasteiger partial charge in [-0.15, -0.1) is 0 Å². The van der Waals surface area contributed by atoms with Crippen LogP contribution in [0, 0.1) is 0 Å². The molecular formula is C11H22N4O. The van der Waals surface area contributed by atoms with E-state index in [1.165, 1.54) is 0 Å². The number of amides is 1. The SMILES string of the molecule is CNC(=O)C(C)N1CC(N2CCNCC2)C1. The average molecular weight is 226 g/mol. The lowest BCUT2D eigenvalue weighted by atomic mass is 10.0. The number of hydrogen-bond donors (Lipinski definition) is 2. The average Bonchev–Trinajstić information content (AvgIpc) is 2.27. The van der Waals surface area contributed by atoms with Crippen LogP contribution in [-0.4, -0.2) is 74.1 Å². The van der Waals surface area contributed by atoms with Crippen molar-refractivity contribution in [3.8, 4) is 0 Å². The summed E-state index contributed by atoms with van der Waals surface area (Å²) in [5.74, 6) is 0.124. The molecule has 5 nitrogen and oxygen atoms in total. The standard InChI is InChI=1S/C11H22N4O/c1-9(11(16)12-2)15-7-10(8-15)14-5-3-13-4-6-14/h9-10,13H,3-8H2,1-2H3,(H,12,16). The maximum atomic E-state index is 11.5. The van der Waals surface area contributed by atoms with Crippen molar-refractivity contribution in [2.75, 3.05) is 46.3 Å². The number of hydrogen-bond acceptors (Lipinski definition) is 4. The molecule has 2 aliphatic rings. The third kappa shape index (κ3) is 2.36. The fourth-order valence-electron chi connectivity index (χ4n) is 2.46. The van der Waals surface area contributed by atoms with Crippen molar-refractivity contribution in [3.05, 3.63) is 0 Å². The Kier molecular flexibility index (Phi) is 3.78. The summed E-state index contributed by atoms with van der Waals surface area (Å²) in [7, 11) is 1.70. The van der Waals surface area contributed by atoms with E-state index >= 15 is 0 Å². The molecule has 0 aromatic carbocycles. The van der Waals surface area contributed by atoms with Gasteiger partial charge in [0, 0.05) is 52.4 Å². The van der Waals surface area contributed by atoms with Crippen molar-refractivity contribution in [1.29, 1.82) is 0 Å². The Bertz CT molecular complexity index is 246. The summed E-state index contributed by atoms with van der Waals surface area (Å²) < 4.78 is 0. The fourth-order valence-corrected chi connectivity index (χ4v) is 2.46. The Morgan fingerprint density at radius 3 is 2.56 bits per heavy atom. The lowest BCUT2D eigenvalue weighted by Gasteiger charge is -2.48. The van der Waals surface area contributed by atoms with Gasteiger partial charge >= 0.3 is 0 Å². The molecule has 0 spiro atoms. The summed E-state index contributed by atoms with van der Waals surface area (Å²) in [5.41, 5.74) is 0. The molecule has 2 aliphatic heterocycles. The van der Waals surface area contributed by atoms with Crippen LogP contribution in [-0.2, 0) is 4.79 Å². The number of nitrogens with zero attached hydrogens (tertiary/aromatic N) is 2. The van der Waals surface area contributed by atoms with Gasteiger partial charge in [0.15, 0.2) is 0 Å². The van der Waals surface area contributed by atoms with Gasteiger partial charge in [-0.05, 0) is 6.92 Å². The highest BCUT2D eigenvalue weighted by Gasteiger charge is 2.36. The number of nitrogens with one attached hydrogen (secondary N) is 2. The largest absolute Gasteiger partial charge is 0.358 e. The summed E-state index contributed by atoms with van der Waals surface area (Å²) in [5, 5.41) is 6.06. The van der Waals surface area contributed by atoms with Crippen molar-refractivity contribution < 1.29 is 4.79 Å². The van der Waals surface area contributed by atoms with Crippen molar-refractivity contribution >= 4 is 5.91 Å². The molecule has 0 saturated carbocycles. The fraction of sp³-hybridized carbons (Fsp3) is 0.909. The summed E-state index contributed by atoms with van der Waals surface area (Å²) in [6.07, 6.45) is 0. The minimum Gasteiger partial charge on any atom is -0.358 e. The van der Waals surface area contributed by atoms with Gasteiger partial charge in [0.1, 0.15) is 0 Å². The first-order valence-electron chi connectivity index (χ1n) is 6.13. The van der Waals surface area contributed by atoms with Crippen LogP contribution in [0.3, 0.4) is 0 Å². The van der Waals surface area contributed by atoms with Crippen LogP contribution in [0.25, 0.3) is 0 Å². The monoisotopic (exact) mass is 226 g/mol. The Morgan fingerprint density at radius 2 is 2.00 bits per heavy atom. The molecule has 0 radical (unpaired) electrons. The van der Waals surface area contributed by atoms with E-state index < -0.39 is 0 Å². The van der Waals surface area contributed by atoms with E-state index in [4.69, 9.17) is 0 Å². The third-order valence-corrected chi connectivity index (χ3v) is 3.73. The van der Waals surface area contributed by atoms with Gasteiger partial charge in [0.2, 0.25) is 5.91 Å². The van der Waals surface area contributed by atoms with Crippen LogP contribution >= 0.6 is 0 Å². The molecule has 2 N–H and O–H groups in total. The van der Waals surface area contributed by atoms with Gasteiger partial charge < -0.3 is 10.6 Å². The van der Waals surface area contributed by atoms with E-state index in [1.807, 2.05) is 6.92 Å². The van der Waals surface area contributed by atoms with E-state index in [-0.39, 0.29) is 11.9 Å². The highest BCUT2D eigenvalue weighted by atomic mass is 16.2. The van der Waals surface area contributed by atoms with Crippen LogP contribution in [0.15, 0.2) is 0 Å². The highest BCUT2D eigenvalue weighted by molar-refractivity contribution is 5.81. The number of likely N-dealkylation sites (N-methyl/N-ethyl adjacent to an activating group) is 1. The lowest BCUT2D eigenvalue weighted by Crippen LogP contribution is -2.66. The first-order valence-corrected chi connectivity index (χ1v) is 6.13. The molecule has 0 aromatic rings. The predicted octanol–water partition coefficient (Wildman–Crippen LogP) is -1.29. The molecule has 0 aliphatic carbocycles. The van der Waals surface area contributed by atoms with Crippen LogP contribution in [0.5, 0.6) is 0 Å². The van der Waals surface area contributed by atoms with Crippen molar-refractivity contribution in [2.45, 2.75) is 19.0 Å². The van der Waals surface area contributed by atoms with Gasteiger partial charge in [-0.3, -0.25) is 14.6 Å². The van der Waals surface area contributed by atoms with Crippen molar-refractivity contribution in [3.63, 3.8) is 0 Å². The van der Waals surface area contributed by atoms with Crippen molar-refractivity contribution in [2.24, 2.45) is 0 Å². The van der Waals surface area contributed by atoms with Crippen LogP contribution in [0.4, 0.5) is 0 Å². The Hall–Kier alpha value is -0.650. The molecule has 1 atom stereocenters. The first-order chi connectivity index (χ1) is 7.72. The highest BCUT2D eigenvalue weighted by Crippen LogP contribution is 2.18. The van der Waals surface area contributed by atoms with Gasteiger partial charge in [0.05, 0.1) is 6.04 Å². The third-order valence-electron chi connectivity index (χ3n) is 3.73. The normalized spacial score (nSPS) is 26.1. The maximum absolute atomic E-state index is 11.5. The van der Waals surface area contributed by atoms with Gasteiger partial charge in [-0.2, -0.15) is 0 Å². The number of carbonyl (C=O) groups is 1. The van der Waals surface area contributed by atoms with Crippen LogP contribution in [0.1, 0.15) is 6.92 Å². The molecular weight excluding hydrogens is 204 g/mol. The van der Waals surface area contributed by atoms with Crippen LogP contribution in [0.2, 0.25) is 0 Å². The summed E-state index contributed by atoms with van der Waals surface area (Å²) in [6, 6.07) is 0.679. The van der Waals surface area contributed by atoms with E-state index in [0.29, 0.717) is 6.04 Å². The smallest absolute Gasteiger partial charge is 0.236 e. The molecule has 2 fully saturated rings. The predicted molar refractivity (Wildman–Crippen MR) is 63.3 cm³/mol. The van der Waals surface area contributed by atoms with Crippen molar-refractivity contribution in [1.82, 2.24) is 20.4 Å². The summed E-state index contributed by atoms with van der Waals surface area (Å²) in [4.78, 5) is 16.2. The molecule has 0 bridgehead atoms. The Labute approximate surface area is 97.2 Å². The topological polar surface area (TPSA) is 47.6 Å². The zero-order chi connectivity index (χ0) is 11.5. The zero-order valence-corrected chi connectivity index (χ0v) is 10.2. The van der Waals surface area contributed by atoms with Gasteiger partial charge in [-0.1, -0.05) is 0 Å². The van der Waals surface area contributed by atoms with E-state index in [1.54, 1.807) is 7.05 Å². The minimum absolute atomic E-state index is 0.0177. The second-order valence-corrected chi connectivity index (χ2v) is 4.68.